The van der Waals surface area contributed by atoms with E-state index in [1.54, 1.807) is 0 Å². The van der Waals surface area contributed by atoms with Gasteiger partial charge in [-0.3, -0.25) is 0 Å². The molecule has 1 heterocycles. The Morgan fingerprint density at radius 1 is 1.36 bits per heavy atom. The Bertz CT molecular complexity index is 279. The number of thiazole rings is 1. The van der Waals surface area contributed by atoms with E-state index in [0.29, 0.717) is 11.3 Å². The fraction of sp³-hybridized carbons (Fsp3) is 0. The molecule has 0 fully saturated rings. The van der Waals surface area contributed by atoms with E-state index in [1.165, 1.54) is 0 Å². The average molecular weight is 175 g/mol. The van der Waals surface area contributed by atoms with Crippen LogP contribution in [0, 0.1) is 20.2 Å². The predicted octanol–water partition coefficient (Wildman–Crippen LogP) is 0.960. The molecule has 0 aliphatic rings. The molecule has 0 aromatic carbocycles. The first-order valence-corrected chi connectivity index (χ1v) is 3.23. The summed E-state index contributed by atoms with van der Waals surface area (Å²) in [7, 11) is 0. The number of hydrogen-bond acceptors (Lipinski definition) is 6. The molecule has 0 saturated carbocycles. The van der Waals surface area contributed by atoms with Gasteiger partial charge in [0.25, 0.3) is 0 Å². The summed E-state index contributed by atoms with van der Waals surface area (Å²) in [5.74, 6) is -0.485. The van der Waals surface area contributed by atoms with Crippen molar-refractivity contribution in [3.05, 3.63) is 25.6 Å². The summed E-state index contributed by atoms with van der Waals surface area (Å²) < 4.78 is 0. The van der Waals surface area contributed by atoms with Gasteiger partial charge in [0.1, 0.15) is 0 Å². The number of nitrogens with zero attached hydrogens (tertiary/aromatic N) is 3. The Hall–Kier alpha value is -1.57. The number of rotatable bonds is 2. The van der Waals surface area contributed by atoms with Crippen LogP contribution in [0.4, 0.5) is 10.9 Å². The van der Waals surface area contributed by atoms with E-state index in [-0.39, 0.29) is 0 Å². The second-order valence-electron chi connectivity index (χ2n) is 1.50. The number of hydrogen-bond donors (Lipinski definition) is 0. The number of aromatic nitrogens is 1. The molecule has 0 saturated heterocycles. The lowest BCUT2D eigenvalue weighted by atomic mass is 10.8. The van der Waals surface area contributed by atoms with Crippen molar-refractivity contribution in [2.24, 2.45) is 0 Å². The molecule has 0 spiro atoms. The minimum Gasteiger partial charge on any atom is -0.358 e. The van der Waals surface area contributed by atoms with E-state index < -0.39 is 20.8 Å². The summed E-state index contributed by atoms with van der Waals surface area (Å²) in [4.78, 5) is 21.5. The van der Waals surface area contributed by atoms with Crippen molar-refractivity contribution in [1.29, 1.82) is 0 Å². The van der Waals surface area contributed by atoms with Gasteiger partial charge < -0.3 is 20.2 Å². The van der Waals surface area contributed by atoms with Crippen LogP contribution in [0.3, 0.4) is 0 Å². The van der Waals surface area contributed by atoms with Crippen molar-refractivity contribution >= 4 is 22.3 Å². The Morgan fingerprint density at radius 3 is 2.27 bits per heavy atom. The van der Waals surface area contributed by atoms with Crippen molar-refractivity contribution in [3.8, 4) is 0 Å². The van der Waals surface area contributed by atoms with Gasteiger partial charge in [0, 0.05) is 4.98 Å². The second kappa shape index (κ2) is 2.58. The first-order chi connectivity index (χ1) is 5.11. The van der Waals surface area contributed by atoms with Gasteiger partial charge in [-0.05, 0) is 21.2 Å². The van der Waals surface area contributed by atoms with Crippen LogP contribution in [0.2, 0.25) is 0 Å². The molecule has 0 radical (unpaired) electrons. The molecule has 0 bridgehead atoms. The van der Waals surface area contributed by atoms with Crippen LogP contribution in [-0.2, 0) is 0 Å². The maximum atomic E-state index is 9.97. The quantitative estimate of drug-likeness (QED) is 0.492. The van der Waals surface area contributed by atoms with Crippen LogP contribution >= 0.6 is 11.3 Å². The highest BCUT2D eigenvalue weighted by Crippen LogP contribution is 2.21. The lowest BCUT2D eigenvalue weighted by Crippen LogP contribution is -1.89. The first kappa shape index (κ1) is 7.54. The van der Waals surface area contributed by atoms with Gasteiger partial charge in [-0.25, -0.2) is 0 Å². The lowest BCUT2D eigenvalue weighted by Gasteiger charge is -1.83. The van der Waals surface area contributed by atoms with Crippen LogP contribution in [0.25, 0.3) is 0 Å². The standard InChI is InChI=1S/C3HN3O4S/c7-5(8)2-1-11-3(4-2)6(9)10/h1H. The van der Waals surface area contributed by atoms with Crippen LogP contribution < -0.4 is 0 Å². The normalized spacial score (nSPS) is 9.45. The SMILES string of the molecule is O=[N+]([O-])c1csc([N+](=O)[O-])n1. The van der Waals surface area contributed by atoms with E-state index in [0.717, 1.165) is 5.38 Å². The molecule has 1 aromatic rings. The minimum absolute atomic E-state index is 0.461. The first-order valence-electron chi connectivity index (χ1n) is 2.35. The maximum Gasteiger partial charge on any atom is 0.427 e. The summed E-state index contributed by atoms with van der Waals surface area (Å²) in [5.41, 5.74) is 0. The topological polar surface area (TPSA) is 99.2 Å². The fourth-order valence-electron chi connectivity index (χ4n) is 0.424. The van der Waals surface area contributed by atoms with Gasteiger partial charge >= 0.3 is 10.9 Å². The second-order valence-corrected chi connectivity index (χ2v) is 2.34. The van der Waals surface area contributed by atoms with E-state index in [9.17, 15) is 20.2 Å². The van der Waals surface area contributed by atoms with Crippen molar-refractivity contribution in [2.75, 3.05) is 0 Å². The molecule has 0 aliphatic heterocycles. The zero-order valence-electron chi connectivity index (χ0n) is 4.96. The van der Waals surface area contributed by atoms with Crippen molar-refractivity contribution in [1.82, 2.24) is 4.98 Å². The predicted molar refractivity (Wildman–Crippen MR) is 35.4 cm³/mol. The molecular formula is C3HN3O4S. The van der Waals surface area contributed by atoms with Crippen LogP contribution in [0.5, 0.6) is 0 Å². The van der Waals surface area contributed by atoms with Gasteiger partial charge in [0.2, 0.25) is 0 Å². The van der Waals surface area contributed by atoms with E-state index in [2.05, 4.69) is 4.98 Å². The van der Waals surface area contributed by atoms with Gasteiger partial charge in [0.05, 0.1) is 5.38 Å². The van der Waals surface area contributed by atoms with Crippen molar-refractivity contribution in [3.63, 3.8) is 0 Å². The van der Waals surface area contributed by atoms with Crippen molar-refractivity contribution in [2.45, 2.75) is 0 Å². The largest absolute Gasteiger partial charge is 0.427 e. The van der Waals surface area contributed by atoms with Crippen LogP contribution in [0.1, 0.15) is 0 Å². The third-order valence-electron chi connectivity index (χ3n) is 0.823. The average Bonchev–Trinajstić information content (AvgIpc) is 2.33. The molecule has 1 rings (SSSR count). The lowest BCUT2D eigenvalue weighted by molar-refractivity contribution is -0.398. The fourth-order valence-corrected chi connectivity index (χ4v) is 1.01. The molecule has 0 unspecified atom stereocenters. The van der Waals surface area contributed by atoms with Gasteiger partial charge in [0.15, 0.2) is 0 Å². The summed E-state index contributed by atoms with van der Waals surface area (Å²) in [6.45, 7) is 0. The molecule has 8 heteroatoms. The van der Waals surface area contributed by atoms with Crippen molar-refractivity contribution < 1.29 is 9.85 Å². The monoisotopic (exact) mass is 175 g/mol. The van der Waals surface area contributed by atoms with Crippen LogP contribution in [-0.4, -0.2) is 14.8 Å². The molecule has 58 valence electrons. The molecule has 0 N–H and O–H groups in total. The highest BCUT2D eigenvalue weighted by Gasteiger charge is 2.17. The third-order valence-corrected chi connectivity index (χ3v) is 1.60. The molecule has 7 nitrogen and oxygen atoms in total. The molecule has 0 amide bonds. The minimum atomic E-state index is -0.774. The Balaban J connectivity index is 2.99. The molecular weight excluding hydrogens is 174 g/mol. The highest BCUT2D eigenvalue weighted by atomic mass is 32.1. The smallest absolute Gasteiger partial charge is 0.358 e. The Labute approximate surface area is 63.6 Å². The Kier molecular flexibility index (Phi) is 1.77. The number of nitro groups is 2. The van der Waals surface area contributed by atoms with E-state index >= 15 is 0 Å². The summed E-state index contributed by atoms with van der Waals surface area (Å²) in [5, 5.41) is 20.5. The van der Waals surface area contributed by atoms with Gasteiger partial charge in [-0.15, -0.1) is 0 Å². The molecule has 11 heavy (non-hydrogen) atoms. The summed E-state index contributed by atoms with van der Waals surface area (Å²) in [6.07, 6.45) is 0. The van der Waals surface area contributed by atoms with Crippen LogP contribution in [0.15, 0.2) is 5.38 Å². The third kappa shape index (κ3) is 1.46. The van der Waals surface area contributed by atoms with Gasteiger partial charge in [-0.2, -0.15) is 0 Å². The zero-order valence-corrected chi connectivity index (χ0v) is 5.78. The zero-order chi connectivity index (χ0) is 8.43. The molecule has 0 atom stereocenters. The highest BCUT2D eigenvalue weighted by molar-refractivity contribution is 7.13. The molecule has 1 aromatic heterocycles. The Morgan fingerprint density at radius 2 is 2.00 bits per heavy atom. The summed E-state index contributed by atoms with van der Waals surface area (Å²) >= 11 is 0.634. The maximum absolute atomic E-state index is 9.97. The van der Waals surface area contributed by atoms with E-state index in [1.807, 2.05) is 0 Å². The van der Waals surface area contributed by atoms with E-state index in [4.69, 9.17) is 0 Å². The molecule has 0 aliphatic carbocycles. The van der Waals surface area contributed by atoms with Gasteiger partial charge in [-0.1, -0.05) is 0 Å². The summed E-state index contributed by atoms with van der Waals surface area (Å²) in [6, 6.07) is 0.